The molecule has 1 aliphatic rings. The molecule has 1 saturated carbocycles. The maximum Gasteiger partial charge on any atom is 0.407 e. The zero-order valence-corrected chi connectivity index (χ0v) is 11.6. The van der Waals surface area contributed by atoms with Gasteiger partial charge in [-0.25, -0.2) is 4.79 Å². The van der Waals surface area contributed by atoms with Crippen LogP contribution in [0.25, 0.3) is 0 Å². The molecule has 0 aliphatic heterocycles. The van der Waals surface area contributed by atoms with Crippen molar-refractivity contribution < 1.29 is 19.4 Å². The van der Waals surface area contributed by atoms with Gasteiger partial charge in [-0.3, -0.25) is 4.79 Å². The number of rotatable bonds is 2. The highest BCUT2D eigenvalue weighted by molar-refractivity contribution is 5.74. The zero-order chi connectivity index (χ0) is 14.0. The molecule has 5 nitrogen and oxygen atoms in total. The Morgan fingerprint density at radius 3 is 2.50 bits per heavy atom. The quantitative estimate of drug-likeness (QED) is 0.797. The first-order valence-electron chi connectivity index (χ1n) is 6.35. The number of hydrogen-bond acceptors (Lipinski definition) is 3. The van der Waals surface area contributed by atoms with Crippen molar-refractivity contribution in [1.82, 2.24) is 5.32 Å². The first kappa shape index (κ1) is 14.8. The molecule has 1 aliphatic carbocycles. The van der Waals surface area contributed by atoms with Gasteiger partial charge in [-0.2, -0.15) is 0 Å². The number of aliphatic carboxylic acids is 1. The fraction of sp³-hybridized carbons (Fsp3) is 0.846. The summed E-state index contributed by atoms with van der Waals surface area (Å²) < 4.78 is 5.17. The average molecular weight is 257 g/mol. The van der Waals surface area contributed by atoms with Gasteiger partial charge in [0, 0.05) is 6.04 Å². The van der Waals surface area contributed by atoms with E-state index in [4.69, 9.17) is 4.74 Å². The minimum Gasteiger partial charge on any atom is -0.481 e. The fourth-order valence-electron chi connectivity index (χ4n) is 2.28. The van der Waals surface area contributed by atoms with Crippen LogP contribution in [-0.4, -0.2) is 28.8 Å². The summed E-state index contributed by atoms with van der Waals surface area (Å²) in [5.74, 6) is -0.793. The second-order valence-corrected chi connectivity index (χ2v) is 6.31. The predicted molar refractivity (Wildman–Crippen MR) is 67.4 cm³/mol. The molecule has 18 heavy (non-hydrogen) atoms. The maximum atomic E-state index is 11.6. The van der Waals surface area contributed by atoms with Crippen molar-refractivity contribution in [3.63, 3.8) is 0 Å². The van der Waals surface area contributed by atoms with E-state index in [1.807, 2.05) is 0 Å². The Labute approximate surface area is 108 Å². The first-order valence-corrected chi connectivity index (χ1v) is 6.35. The third-order valence-corrected chi connectivity index (χ3v) is 3.22. The molecule has 1 unspecified atom stereocenters. The number of carboxylic acids is 1. The van der Waals surface area contributed by atoms with Crippen molar-refractivity contribution >= 4 is 12.1 Å². The molecule has 104 valence electrons. The Morgan fingerprint density at radius 1 is 1.39 bits per heavy atom. The van der Waals surface area contributed by atoms with Gasteiger partial charge in [0.25, 0.3) is 0 Å². The van der Waals surface area contributed by atoms with Gasteiger partial charge in [-0.15, -0.1) is 0 Å². The van der Waals surface area contributed by atoms with Gasteiger partial charge in [-0.05, 0) is 47.0 Å². The third-order valence-electron chi connectivity index (χ3n) is 3.22. The molecule has 0 aromatic heterocycles. The van der Waals surface area contributed by atoms with Gasteiger partial charge >= 0.3 is 12.1 Å². The molecule has 5 heteroatoms. The van der Waals surface area contributed by atoms with Gasteiger partial charge < -0.3 is 15.2 Å². The van der Waals surface area contributed by atoms with Gasteiger partial charge in [0.15, 0.2) is 0 Å². The van der Waals surface area contributed by atoms with Gasteiger partial charge in [0.05, 0.1) is 5.41 Å². The predicted octanol–water partition coefficient (Wildman–Crippen LogP) is 2.54. The molecule has 0 aromatic rings. The Kier molecular flexibility index (Phi) is 4.24. The lowest BCUT2D eigenvalue weighted by Gasteiger charge is -2.35. The van der Waals surface area contributed by atoms with E-state index in [0.29, 0.717) is 12.8 Å². The summed E-state index contributed by atoms with van der Waals surface area (Å²) in [4.78, 5) is 22.8. The van der Waals surface area contributed by atoms with Crippen molar-refractivity contribution in [2.45, 2.75) is 65.0 Å². The number of carbonyl (C=O) groups is 2. The summed E-state index contributed by atoms with van der Waals surface area (Å²) in [6.45, 7) is 7.14. The molecule has 0 heterocycles. The van der Waals surface area contributed by atoms with E-state index in [9.17, 15) is 14.7 Å². The highest BCUT2D eigenvalue weighted by Crippen LogP contribution is 2.36. The minimum absolute atomic E-state index is 0.116. The number of ether oxygens (including phenoxy) is 1. The number of alkyl carbamates (subject to hydrolysis) is 1. The van der Waals surface area contributed by atoms with E-state index in [1.54, 1.807) is 27.7 Å². The molecule has 0 bridgehead atoms. The summed E-state index contributed by atoms with van der Waals surface area (Å²) in [5.41, 5.74) is -1.27. The largest absolute Gasteiger partial charge is 0.481 e. The summed E-state index contributed by atoms with van der Waals surface area (Å²) in [7, 11) is 0. The van der Waals surface area contributed by atoms with Crippen molar-refractivity contribution in [3.05, 3.63) is 0 Å². The summed E-state index contributed by atoms with van der Waals surface area (Å²) >= 11 is 0. The third kappa shape index (κ3) is 4.20. The van der Waals surface area contributed by atoms with Crippen LogP contribution >= 0.6 is 0 Å². The van der Waals surface area contributed by atoms with Crippen LogP contribution < -0.4 is 5.32 Å². The van der Waals surface area contributed by atoms with Crippen LogP contribution in [0.5, 0.6) is 0 Å². The Morgan fingerprint density at radius 2 is 2.00 bits per heavy atom. The van der Waals surface area contributed by atoms with Crippen molar-refractivity contribution in [2.24, 2.45) is 5.41 Å². The molecule has 0 aromatic carbocycles. The van der Waals surface area contributed by atoms with Gasteiger partial charge in [-0.1, -0.05) is 6.42 Å². The smallest absolute Gasteiger partial charge is 0.407 e. The van der Waals surface area contributed by atoms with Crippen LogP contribution in [0.4, 0.5) is 4.79 Å². The lowest BCUT2D eigenvalue weighted by atomic mass is 9.73. The highest BCUT2D eigenvalue weighted by Gasteiger charge is 2.39. The summed E-state index contributed by atoms with van der Waals surface area (Å²) in [6, 6.07) is -0.116. The van der Waals surface area contributed by atoms with Crippen molar-refractivity contribution in [1.29, 1.82) is 0 Å². The normalized spacial score (nSPS) is 28.6. The average Bonchev–Trinajstić information content (AvgIpc) is 2.13. The maximum absolute atomic E-state index is 11.6. The van der Waals surface area contributed by atoms with Crippen LogP contribution in [-0.2, 0) is 9.53 Å². The number of amides is 1. The number of carbonyl (C=O) groups excluding carboxylic acids is 1. The van der Waals surface area contributed by atoms with Crippen molar-refractivity contribution in [2.75, 3.05) is 0 Å². The van der Waals surface area contributed by atoms with E-state index in [2.05, 4.69) is 5.32 Å². The summed E-state index contributed by atoms with van der Waals surface area (Å²) in [5, 5.41) is 12.0. The molecule has 0 spiro atoms. The van der Waals surface area contributed by atoms with Crippen LogP contribution in [0.2, 0.25) is 0 Å². The van der Waals surface area contributed by atoms with Gasteiger partial charge in [0.2, 0.25) is 0 Å². The van der Waals surface area contributed by atoms with Crippen molar-refractivity contribution in [3.8, 4) is 0 Å². The lowest BCUT2D eigenvalue weighted by molar-refractivity contribution is -0.150. The highest BCUT2D eigenvalue weighted by atomic mass is 16.6. The van der Waals surface area contributed by atoms with Gasteiger partial charge in [0.1, 0.15) is 5.60 Å². The fourth-order valence-corrected chi connectivity index (χ4v) is 2.28. The van der Waals surface area contributed by atoms with Crippen LogP contribution in [0.15, 0.2) is 0 Å². The Bertz CT molecular complexity index is 334. The number of nitrogens with one attached hydrogen (secondary N) is 1. The standard InChI is InChI=1S/C13H23NO4/c1-12(2,3)18-11(17)14-9-6-5-7-13(4,8-9)10(15)16/h9H,5-8H2,1-4H3,(H,14,17)(H,15,16)/t9?,13-/m0/s1. The second kappa shape index (κ2) is 5.16. The lowest BCUT2D eigenvalue weighted by Crippen LogP contribution is -2.45. The molecule has 0 saturated heterocycles. The van der Waals surface area contributed by atoms with E-state index in [0.717, 1.165) is 12.8 Å². The molecular weight excluding hydrogens is 234 g/mol. The van der Waals surface area contributed by atoms with Crippen LogP contribution in [0.1, 0.15) is 53.4 Å². The van der Waals surface area contributed by atoms with Crippen LogP contribution in [0, 0.1) is 5.41 Å². The molecule has 1 amide bonds. The minimum atomic E-state index is -0.793. The molecular formula is C13H23NO4. The molecule has 2 N–H and O–H groups in total. The molecule has 1 rings (SSSR count). The summed E-state index contributed by atoms with van der Waals surface area (Å²) in [6.07, 6.45) is 2.27. The Hall–Kier alpha value is -1.26. The topological polar surface area (TPSA) is 75.6 Å². The SMILES string of the molecule is CC(C)(C)OC(=O)NC1CCC[C@](C)(C(=O)O)C1. The monoisotopic (exact) mass is 257 g/mol. The number of carboxylic acid groups (broad SMARTS) is 1. The van der Waals surface area contributed by atoms with E-state index in [-0.39, 0.29) is 6.04 Å². The Balaban J connectivity index is 2.53. The number of hydrogen-bond donors (Lipinski definition) is 2. The van der Waals surface area contributed by atoms with E-state index < -0.39 is 23.1 Å². The second-order valence-electron chi connectivity index (χ2n) is 6.31. The van der Waals surface area contributed by atoms with E-state index >= 15 is 0 Å². The molecule has 2 atom stereocenters. The molecule has 0 radical (unpaired) electrons. The first-order chi connectivity index (χ1) is 8.12. The molecule has 1 fully saturated rings. The zero-order valence-electron chi connectivity index (χ0n) is 11.6. The van der Waals surface area contributed by atoms with E-state index in [1.165, 1.54) is 0 Å². The van der Waals surface area contributed by atoms with Crippen LogP contribution in [0.3, 0.4) is 0 Å².